The molecule has 12 heteroatoms. The number of amides is 3. The summed E-state index contributed by atoms with van der Waals surface area (Å²) in [6.07, 6.45) is 17.4. The van der Waals surface area contributed by atoms with Crippen molar-refractivity contribution in [2.24, 2.45) is 5.92 Å². The highest BCUT2D eigenvalue weighted by atomic mass is 16.5. The number of carbonyl (C=O) groups is 3. The lowest BCUT2D eigenvalue weighted by atomic mass is 9.51. The first-order valence-corrected chi connectivity index (χ1v) is 22.6. The summed E-state index contributed by atoms with van der Waals surface area (Å²) in [6, 6.07) is 18.4. The Labute approximate surface area is 354 Å². The van der Waals surface area contributed by atoms with Crippen LogP contribution >= 0.6 is 0 Å². The molecule has 4 aromatic rings. The molecule has 2 aromatic carbocycles. The summed E-state index contributed by atoms with van der Waals surface area (Å²) in [6.45, 7) is 7.20. The van der Waals surface area contributed by atoms with Crippen LogP contribution in [0, 0.1) is 5.92 Å². The van der Waals surface area contributed by atoms with E-state index in [1.807, 2.05) is 31.0 Å². The number of carbonyl (C=O) groups excluding carboxylic acids is 3. The second-order valence-corrected chi connectivity index (χ2v) is 18.6. The number of benzene rings is 2. The smallest absolute Gasteiger partial charge is 0.407 e. The third-order valence-electron chi connectivity index (χ3n) is 15.0. The van der Waals surface area contributed by atoms with Crippen LogP contribution < -0.4 is 5.32 Å². The van der Waals surface area contributed by atoms with Crippen LogP contribution in [0.4, 0.5) is 4.79 Å². The van der Waals surface area contributed by atoms with E-state index in [4.69, 9.17) is 14.7 Å². The van der Waals surface area contributed by atoms with Gasteiger partial charge in [-0.3, -0.25) is 14.5 Å². The molecule has 6 aliphatic rings. The van der Waals surface area contributed by atoms with Gasteiger partial charge in [0, 0.05) is 30.4 Å². The second-order valence-electron chi connectivity index (χ2n) is 18.6. The molecule has 10 rings (SSSR count). The Morgan fingerprint density at radius 3 is 1.95 bits per heavy atom. The van der Waals surface area contributed by atoms with Gasteiger partial charge in [0.2, 0.25) is 11.8 Å². The summed E-state index contributed by atoms with van der Waals surface area (Å²) < 4.78 is 4.79. The van der Waals surface area contributed by atoms with Crippen molar-refractivity contribution < 1.29 is 19.1 Å². The highest BCUT2D eigenvalue weighted by Crippen LogP contribution is 2.58. The minimum absolute atomic E-state index is 0.0125. The third-order valence-corrected chi connectivity index (χ3v) is 15.0. The average Bonchev–Trinajstić information content (AvgIpc) is 4.14. The number of aromatic amines is 2. The number of nitrogens with one attached hydrogen (secondary N) is 3. The lowest BCUT2D eigenvalue weighted by Gasteiger charge is -2.53. The van der Waals surface area contributed by atoms with Gasteiger partial charge in [-0.1, -0.05) is 74.9 Å². The zero-order valence-corrected chi connectivity index (χ0v) is 35.6. The Bertz CT molecular complexity index is 2110. The molecule has 3 aliphatic heterocycles. The van der Waals surface area contributed by atoms with Crippen molar-refractivity contribution in [2.75, 3.05) is 33.3 Å². The van der Waals surface area contributed by atoms with Gasteiger partial charge in [-0.2, -0.15) is 0 Å². The van der Waals surface area contributed by atoms with Crippen molar-refractivity contribution in [2.45, 2.75) is 132 Å². The molecule has 2 aromatic heterocycles. The number of H-pyrrole nitrogens is 2. The maximum absolute atomic E-state index is 14.5. The highest BCUT2D eigenvalue weighted by Gasteiger charge is 2.51. The van der Waals surface area contributed by atoms with Gasteiger partial charge in [-0.25, -0.2) is 14.8 Å². The third kappa shape index (κ3) is 7.53. The summed E-state index contributed by atoms with van der Waals surface area (Å²) >= 11 is 0. The number of fused-ring (bicyclic) bond motifs is 3. The van der Waals surface area contributed by atoms with Crippen LogP contribution in [-0.4, -0.2) is 91.9 Å². The van der Waals surface area contributed by atoms with Gasteiger partial charge in [-0.05, 0) is 118 Å². The number of alkyl carbamates (subject to hydrolysis) is 1. The van der Waals surface area contributed by atoms with E-state index in [1.165, 1.54) is 24.8 Å². The number of hydrogen-bond acceptors (Lipinski definition) is 7. The molecule has 2 bridgehead atoms. The molecule has 3 amide bonds. The second kappa shape index (κ2) is 16.8. The quantitative estimate of drug-likeness (QED) is 0.139. The number of piperidine rings is 1. The van der Waals surface area contributed by atoms with E-state index in [0.29, 0.717) is 6.54 Å². The van der Waals surface area contributed by atoms with Crippen molar-refractivity contribution in [1.29, 1.82) is 0 Å². The summed E-state index contributed by atoms with van der Waals surface area (Å²) in [5.74, 6) is 1.76. The standard InChI is InChI=1S/C48H62N8O4/c1-32(2)40(53-46(59)60-3)44(57)55-28-10-14-37(55)42-49-30-36(51-42)33-16-18-35(19-17-33)47-20-23-48(24-21-47,25-22-47)39-31-50-43(52-39)38-15-11-29-56(38)45(58)41(34-12-6-4-7-13-34)54-26-8-5-9-27-54/h4,6-7,12-13,16-19,30-32,37-38,40-41H,5,8-11,14-15,20-29H2,1-3H3,(H,49,51)(H,50,52)(H,53,59)/t37-,38-,40-,41+,47?,48?/m0/s1. The number of imidazole rings is 2. The number of nitrogens with zero attached hydrogens (tertiary/aromatic N) is 5. The van der Waals surface area contributed by atoms with Crippen molar-refractivity contribution in [3.8, 4) is 11.3 Å². The highest BCUT2D eigenvalue weighted by molar-refractivity contribution is 5.86. The number of aromatic nitrogens is 4. The molecule has 60 heavy (non-hydrogen) atoms. The van der Waals surface area contributed by atoms with E-state index in [2.05, 4.69) is 79.8 Å². The summed E-state index contributed by atoms with van der Waals surface area (Å²) in [4.78, 5) is 63.7. The minimum atomic E-state index is -0.663. The van der Waals surface area contributed by atoms with E-state index in [0.717, 1.165) is 125 Å². The first-order valence-electron chi connectivity index (χ1n) is 22.6. The van der Waals surface area contributed by atoms with Crippen molar-refractivity contribution in [3.05, 3.63) is 95.5 Å². The Morgan fingerprint density at radius 2 is 1.32 bits per heavy atom. The van der Waals surface area contributed by atoms with Crippen LogP contribution in [0.15, 0.2) is 67.0 Å². The van der Waals surface area contributed by atoms with Gasteiger partial charge in [0.1, 0.15) is 23.7 Å². The fourth-order valence-corrected chi connectivity index (χ4v) is 11.4. The summed E-state index contributed by atoms with van der Waals surface area (Å²) in [5.41, 5.74) is 6.06. The molecule has 12 nitrogen and oxygen atoms in total. The molecule has 3 N–H and O–H groups in total. The van der Waals surface area contributed by atoms with E-state index in [1.54, 1.807) is 0 Å². The van der Waals surface area contributed by atoms with Gasteiger partial charge in [0.25, 0.3) is 0 Å². The number of ether oxygens (including phenoxy) is 1. The van der Waals surface area contributed by atoms with Crippen LogP contribution in [0.3, 0.4) is 0 Å². The minimum Gasteiger partial charge on any atom is -0.453 e. The molecule has 5 heterocycles. The molecular formula is C48H62N8O4. The van der Waals surface area contributed by atoms with Crippen LogP contribution in [0.5, 0.6) is 0 Å². The lowest BCUT2D eigenvalue weighted by Crippen LogP contribution is -2.51. The number of likely N-dealkylation sites (tertiary alicyclic amines) is 3. The average molecular weight is 815 g/mol. The summed E-state index contributed by atoms with van der Waals surface area (Å²) in [5, 5.41) is 2.73. The first kappa shape index (κ1) is 40.4. The Morgan fingerprint density at radius 1 is 0.717 bits per heavy atom. The normalized spacial score (nSPS) is 26.7. The van der Waals surface area contributed by atoms with E-state index in [9.17, 15) is 14.4 Å². The Kier molecular flexibility index (Phi) is 11.3. The van der Waals surface area contributed by atoms with Gasteiger partial charge in [-0.15, -0.1) is 0 Å². The van der Waals surface area contributed by atoms with E-state index >= 15 is 0 Å². The zero-order chi connectivity index (χ0) is 41.4. The maximum atomic E-state index is 14.5. The molecule has 4 atom stereocenters. The van der Waals surface area contributed by atoms with Gasteiger partial charge >= 0.3 is 6.09 Å². The lowest BCUT2D eigenvalue weighted by molar-refractivity contribution is -0.139. The zero-order valence-electron chi connectivity index (χ0n) is 35.6. The van der Waals surface area contributed by atoms with Gasteiger partial charge in [0.05, 0.1) is 31.1 Å². The molecule has 0 spiro atoms. The van der Waals surface area contributed by atoms with Crippen LogP contribution in [-0.2, 0) is 25.2 Å². The molecule has 0 radical (unpaired) electrons. The SMILES string of the molecule is COC(=O)N[C@H](C(=O)N1CCC[C@H]1c1ncc(-c2ccc(C34CCC(c5cnc([C@@H]6CCCN6C(=O)[C@@H](c6ccccc6)N6CCCCC6)[nH]5)(CC3)CC4)cc2)[nH]1)C(C)C. The molecular weight excluding hydrogens is 753 g/mol. The molecule has 3 saturated heterocycles. The van der Waals surface area contributed by atoms with Crippen molar-refractivity contribution in [1.82, 2.24) is 40.0 Å². The molecule has 3 aliphatic carbocycles. The first-order chi connectivity index (χ1) is 29.2. The number of methoxy groups -OCH3 is 1. The maximum Gasteiger partial charge on any atom is 0.407 e. The van der Waals surface area contributed by atoms with Gasteiger partial charge in [0.15, 0.2) is 0 Å². The Hall–Kier alpha value is -4.97. The molecule has 0 unspecified atom stereocenters. The fourth-order valence-electron chi connectivity index (χ4n) is 11.4. The van der Waals surface area contributed by atoms with Crippen molar-refractivity contribution >= 4 is 17.9 Å². The predicted molar refractivity (Wildman–Crippen MR) is 230 cm³/mol. The Balaban J connectivity index is 0.851. The number of hydrogen-bond donors (Lipinski definition) is 3. The number of rotatable bonds is 11. The van der Waals surface area contributed by atoms with E-state index < -0.39 is 12.1 Å². The topological polar surface area (TPSA) is 140 Å². The monoisotopic (exact) mass is 814 g/mol. The summed E-state index contributed by atoms with van der Waals surface area (Å²) in [7, 11) is 1.31. The van der Waals surface area contributed by atoms with Crippen LogP contribution in [0.2, 0.25) is 0 Å². The molecule has 318 valence electrons. The predicted octanol–water partition coefficient (Wildman–Crippen LogP) is 8.28. The van der Waals surface area contributed by atoms with Crippen LogP contribution in [0.1, 0.15) is 144 Å². The largest absolute Gasteiger partial charge is 0.453 e. The van der Waals surface area contributed by atoms with Crippen molar-refractivity contribution in [3.63, 3.8) is 0 Å². The van der Waals surface area contributed by atoms with E-state index in [-0.39, 0.29) is 46.7 Å². The molecule has 6 fully saturated rings. The van der Waals surface area contributed by atoms with Crippen LogP contribution in [0.25, 0.3) is 11.3 Å². The fraction of sp³-hybridized carbons (Fsp3) is 0.562. The molecule has 3 saturated carbocycles. The van der Waals surface area contributed by atoms with Gasteiger partial charge < -0.3 is 29.8 Å².